The van der Waals surface area contributed by atoms with E-state index in [1.807, 2.05) is 11.0 Å². The summed E-state index contributed by atoms with van der Waals surface area (Å²) in [5.41, 5.74) is 1.69. The van der Waals surface area contributed by atoms with Gasteiger partial charge in [-0.1, -0.05) is 26.7 Å². The first-order valence-corrected chi connectivity index (χ1v) is 15.0. The van der Waals surface area contributed by atoms with Crippen LogP contribution in [0.4, 0.5) is 11.8 Å². The number of rotatable bonds is 10. The van der Waals surface area contributed by atoms with Crippen LogP contribution in [0.3, 0.4) is 0 Å². The van der Waals surface area contributed by atoms with Crippen molar-refractivity contribution in [2.75, 3.05) is 59.2 Å². The van der Waals surface area contributed by atoms with E-state index in [4.69, 9.17) is 4.98 Å². The van der Waals surface area contributed by atoms with Crippen LogP contribution in [0.5, 0.6) is 0 Å². The van der Waals surface area contributed by atoms with E-state index >= 15 is 0 Å². The number of amides is 2. The molecule has 0 aromatic carbocycles. The van der Waals surface area contributed by atoms with Crippen molar-refractivity contribution in [3.63, 3.8) is 0 Å². The molecule has 1 aliphatic heterocycles. The topological polar surface area (TPSA) is 120 Å². The van der Waals surface area contributed by atoms with E-state index < -0.39 is 0 Å². The summed E-state index contributed by atoms with van der Waals surface area (Å²) in [5, 5.41) is 14.1. The molecule has 1 saturated heterocycles. The Morgan fingerprint density at radius 1 is 1.14 bits per heavy atom. The molecule has 1 aliphatic carbocycles. The van der Waals surface area contributed by atoms with Gasteiger partial charge >= 0.3 is 0 Å². The minimum absolute atomic E-state index is 0.0263. The van der Waals surface area contributed by atoms with Gasteiger partial charge in [0, 0.05) is 75.5 Å². The number of carbonyl (C=O) groups is 2. The standard InChI is InChI=1S/C31H44N8O3/c1-6-13-37(5)19-31(2)20-38(17-23(31)18-40)28(41)21-11-12-26(32-15-21)34-30-33-16-22-14-25(29(42)36(3)4)39(27(22)35-30)24-9-7-8-10-24/h11-12,14-16,23-24,40H,6-10,13,17-20H2,1-5H3,(H,32,33,34,35). The van der Waals surface area contributed by atoms with E-state index in [1.165, 1.54) is 0 Å². The van der Waals surface area contributed by atoms with Gasteiger partial charge in [-0.15, -0.1) is 0 Å². The Hall–Kier alpha value is -3.57. The smallest absolute Gasteiger partial charge is 0.270 e. The molecule has 1 saturated carbocycles. The zero-order chi connectivity index (χ0) is 30.0. The molecule has 0 radical (unpaired) electrons. The minimum Gasteiger partial charge on any atom is -0.396 e. The molecule has 3 aromatic rings. The van der Waals surface area contributed by atoms with Crippen LogP contribution in [0, 0.1) is 11.3 Å². The Bertz CT molecular complexity index is 1420. The lowest BCUT2D eigenvalue weighted by atomic mass is 9.80. The third kappa shape index (κ3) is 5.98. The van der Waals surface area contributed by atoms with Crippen molar-refractivity contribution in [1.82, 2.24) is 34.2 Å². The summed E-state index contributed by atoms with van der Waals surface area (Å²) in [4.78, 5) is 45.9. The Morgan fingerprint density at radius 2 is 1.90 bits per heavy atom. The highest BCUT2D eigenvalue weighted by molar-refractivity contribution is 5.98. The molecule has 0 spiro atoms. The third-order valence-corrected chi connectivity index (χ3v) is 8.86. The van der Waals surface area contributed by atoms with Gasteiger partial charge in [0.05, 0.1) is 5.56 Å². The second-order valence-electron chi connectivity index (χ2n) is 12.5. The summed E-state index contributed by atoms with van der Waals surface area (Å²) in [6.45, 7) is 7.31. The number of nitrogens with zero attached hydrogens (tertiary/aromatic N) is 7. The summed E-state index contributed by atoms with van der Waals surface area (Å²) < 4.78 is 2.08. The lowest BCUT2D eigenvalue weighted by Gasteiger charge is -2.33. The second kappa shape index (κ2) is 12.3. The predicted molar refractivity (Wildman–Crippen MR) is 163 cm³/mol. The Labute approximate surface area is 247 Å². The number of carbonyl (C=O) groups excluding carboxylic acids is 2. The van der Waals surface area contributed by atoms with Crippen molar-refractivity contribution in [3.8, 4) is 0 Å². The lowest BCUT2D eigenvalue weighted by Crippen LogP contribution is -2.41. The highest BCUT2D eigenvalue weighted by atomic mass is 16.3. The van der Waals surface area contributed by atoms with E-state index in [9.17, 15) is 14.7 Å². The maximum absolute atomic E-state index is 13.4. The lowest BCUT2D eigenvalue weighted by molar-refractivity contribution is 0.0763. The molecular weight excluding hydrogens is 532 g/mol. The third-order valence-electron chi connectivity index (χ3n) is 8.86. The molecule has 4 heterocycles. The Balaban J connectivity index is 1.32. The highest BCUT2D eigenvalue weighted by Crippen LogP contribution is 2.37. The van der Waals surface area contributed by atoms with Crippen molar-refractivity contribution in [2.45, 2.75) is 52.0 Å². The molecule has 11 nitrogen and oxygen atoms in total. The SMILES string of the molecule is CCCN(C)CC1(C)CN(C(=O)c2ccc(Nc3ncc4cc(C(=O)N(C)C)n(C5CCCC5)c4n3)nc2)CC1CO. The van der Waals surface area contributed by atoms with Crippen LogP contribution in [0.2, 0.25) is 0 Å². The number of aliphatic hydroxyl groups excluding tert-OH is 1. The van der Waals surface area contributed by atoms with Gasteiger partial charge in [-0.05, 0) is 51.1 Å². The van der Waals surface area contributed by atoms with Gasteiger partial charge in [-0.3, -0.25) is 9.59 Å². The summed E-state index contributed by atoms with van der Waals surface area (Å²) in [7, 11) is 5.62. The van der Waals surface area contributed by atoms with Crippen molar-refractivity contribution in [3.05, 3.63) is 41.9 Å². The number of hydrogen-bond acceptors (Lipinski definition) is 8. The number of hydrogen-bond donors (Lipinski definition) is 2. The van der Waals surface area contributed by atoms with Gasteiger partial charge in [-0.2, -0.15) is 4.98 Å². The van der Waals surface area contributed by atoms with Crippen molar-refractivity contribution in [2.24, 2.45) is 11.3 Å². The van der Waals surface area contributed by atoms with Crippen molar-refractivity contribution in [1.29, 1.82) is 0 Å². The number of anilines is 2. The monoisotopic (exact) mass is 576 g/mol. The Morgan fingerprint density at radius 3 is 2.55 bits per heavy atom. The number of aliphatic hydroxyl groups is 1. The van der Waals surface area contributed by atoms with Crippen LogP contribution in [0.25, 0.3) is 11.0 Å². The molecule has 3 aromatic heterocycles. The van der Waals surface area contributed by atoms with E-state index in [1.54, 1.807) is 43.5 Å². The maximum atomic E-state index is 13.4. The number of pyridine rings is 1. The van der Waals surface area contributed by atoms with E-state index in [0.717, 1.165) is 56.2 Å². The van der Waals surface area contributed by atoms with Crippen molar-refractivity contribution < 1.29 is 14.7 Å². The van der Waals surface area contributed by atoms with Crippen LogP contribution in [0.15, 0.2) is 30.6 Å². The summed E-state index contributed by atoms with van der Waals surface area (Å²) in [6, 6.07) is 5.63. The van der Waals surface area contributed by atoms with Gasteiger partial charge in [0.15, 0.2) is 0 Å². The largest absolute Gasteiger partial charge is 0.396 e. The summed E-state index contributed by atoms with van der Waals surface area (Å²) in [6.07, 6.45) is 8.69. The first-order valence-electron chi connectivity index (χ1n) is 15.0. The maximum Gasteiger partial charge on any atom is 0.270 e. The Kier molecular flexibility index (Phi) is 8.79. The first kappa shape index (κ1) is 29.9. The van der Waals surface area contributed by atoms with Crippen LogP contribution in [0.1, 0.15) is 72.8 Å². The van der Waals surface area contributed by atoms with E-state index in [2.05, 4.69) is 45.6 Å². The molecule has 226 valence electrons. The molecule has 42 heavy (non-hydrogen) atoms. The van der Waals surface area contributed by atoms with Crippen LogP contribution in [-0.4, -0.2) is 105 Å². The van der Waals surface area contributed by atoms with Crippen molar-refractivity contribution >= 4 is 34.6 Å². The van der Waals surface area contributed by atoms with Gasteiger partial charge in [-0.25, -0.2) is 9.97 Å². The molecule has 2 amide bonds. The molecule has 2 fully saturated rings. The van der Waals surface area contributed by atoms with Gasteiger partial charge in [0.1, 0.15) is 17.2 Å². The van der Waals surface area contributed by atoms with E-state index in [-0.39, 0.29) is 35.8 Å². The zero-order valence-corrected chi connectivity index (χ0v) is 25.5. The van der Waals surface area contributed by atoms with Gasteiger partial charge in [0.2, 0.25) is 5.95 Å². The molecule has 2 unspecified atom stereocenters. The normalized spacial score (nSPS) is 21.0. The fourth-order valence-electron chi connectivity index (χ4n) is 6.69. The van der Waals surface area contributed by atoms with Gasteiger partial charge < -0.3 is 29.7 Å². The predicted octanol–water partition coefficient (Wildman–Crippen LogP) is 3.80. The number of fused-ring (bicyclic) bond motifs is 1. The molecule has 2 aliphatic rings. The fourth-order valence-corrected chi connectivity index (χ4v) is 6.69. The number of nitrogens with one attached hydrogen (secondary N) is 1. The fraction of sp³-hybridized carbons (Fsp3) is 0.581. The average molecular weight is 577 g/mol. The van der Waals surface area contributed by atoms with Crippen LogP contribution < -0.4 is 5.32 Å². The molecule has 0 bridgehead atoms. The van der Waals surface area contributed by atoms with Gasteiger partial charge in [0.25, 0.3) is 11.8 Å². The second-order valence-corrected chi connectivity index (χ2v) is 12.5. The summed E-state index contributed by atoms with van der Waals surface area (Å²) in [5.74, 6) is 0.800. The number of aromatic nitrogens is 4. The van der Waals surface area contributed by atoms with Crippen LogP contribution >= 0.6 is 0 Å². The molecular formula is C31H44N8O3. The zero-order valence-electron chi connectivity index (χ0n) is 25.5. The highest BCUT2D eigenvalue weighted by Gasteiger charge is 2.45. The molecule has 5 rings (SSSR count). The van der Waals surface area contributed by atoms with Crippen LogP contribution in [-0.2, 0) is 0 Å². The summed E-state index contributed by atoms with van der Waals surface area (Å²) >= 11 is 0. The first-order chi connectivity index (χ1) is 20.1. The number of likely N-dealkylation sites (tertiary alicyclic amines) is 1. The molecule has 11 heteroatoms. The molecule has 2 N–H and O–H groups in total. The molecule has 2 atom stereocenters. The minimum atomic E-state index is -0.174. The van der Waals surface area contributed by atoms with E-state index in [0.29, 0.717) is 36.1 Å². The quantitative estimate of drug-likeness (QED) is 0.374. The average Bonchev–Trinajstić information content (AvgIpc) is 3.69.